The standard InChI is InChI=1S/C14H20NO6P/c1-4-20-22(18,21-5-2)10-13(16)15-12-8-6-11(7-9-12)14(17)19-3/h6-9H,4-5,10H2,1-3H3,(H,15,16). The van der Waals surface area contributed by atoms with E-state index in [2.05, 4.69) is 10.1 Å². The fourth-order valence-corrected chi connectivity index (χ4v) is 3.18. The molecule has 0 fully saturated rings. The van der Waals surface area contributed by atoms with Crippen LogP contribution in [0.3, 0.4) is 0 Å². The van der Waals surface area contributed by atoms with Crippen molar-refractivity contribution >= 4 is 25.2 Å². The number of hydrogen-bond donors (Lipinski definition) is 1. The lowest BCUT2D eigenvalue weighted by Crippen LogP contribution is -2.18. The molecule has 0 saturated carbocycles. The molecular formula is C14H20NO6P. The second-order valence-corrected chi connectivity index (χ2v) is 6.28. The Bertz CT molecular complexity index is 547. The van der Waals surface area contributed by atoms with Crippen LogP contribution >= 0.6 is 7.60 Å². The molecule has 22 heavy (non-hydrogen) atoms. The number of anilines is 1. The molecule has 0 aliphatic carbocycles. The van der Waals surface area contributed by atoms with Crippen LogP contribution in [0.1, 0.15) is 24.2 Å². The van der Waals surface area contributed by atoms with Crippen molar-refractivity contribution in [3.8, 4) is 0 Å². The highest BCUT2D eigenvalue weighted by molar-refractivity contribution is 7.54. The number of methoxy groups -OCH3 is 1. The van der Waals surface area contributed by atoms with Crippen molar-refractivity contribution in [1.82, 2.24) is 0 Å². The Balaban J connectivity index is 2.68. The summed E-state index contributed by atoms with van der Waals surface area (Å²) < 4.78 is 26.9. The van der Waals surface area contributed by atoms with Gasteiger partial charge in [0.15, 0.2) is 0 Å². The summed E-state index contributed by atoms with van der Waals surface area (Å²) in [4.78, 5) is 23.2. The van der Waals surface area contributed by atoms with Crippen LogP contribution in [0.15, 0.2) is 24.3 Å². The molecule has 8 heteroatoms. The van der Waals surface area contributed by atoms with Crippen molar-refractivity contribution in [1.29, 1.82) is 0 Å². The number of ether oxygens (including phenoxy) is 1. The fourth-order valence-electron chi connectivity index (χ4n) is 1.71. The molecule has 0 unspecified atom stereocenters. The minimum absolute atomic E-state index is 0.193. The minimum atomic E-state index is -3.43. The number of amides is 1. The van der Waals surface area contributed by atoms with Crippen LogP contribution in [0.2, 0.25) is 0 Å². The molecule has 1 rings (SSSR count). The molecule has 7 nitrogen and oxygen atoms in total. The molecule has 0 saturated heterocycles. The third-order valence-electron chi connectivity index (χ3n) is 2.58. The summed E-state index contributed by atoms with van der Waals surface area (Å²) in [6.45, 7) is 3.74. The first-order valence-electron chi connectivity index (χ1n) is 6.80. The highest BCUT2D eigenvalue weighted by Crippen LogP contribution is 2.47. The maximum atomic E-state index is 12.2. The Labute approximate surface area is 129 Å². The molecule has 1 aromatic rings. The van der Waals surface area contributed by atoms with Gasteiger partial charge in [-0.15, -0.1) is 0 Å². The van der Waals surface area contributed by atoms with Crippen molar-refractivity contribution in [2.75, 3.05) is 31.8 Å². The van der Waals surface area contributed by atoms with E-state index in [1.54, 1.807) is 26.0 Å². The molecule has 0 atom stereocenters. The molecule has 0 bridgehead atoms. The normalized spacial score (nSPS) is 11.0. The van der Waals surface area contributed by atoms with Gasteiger partial charge >= 0.3 is 13.6 Å². The zero-order valence-corrected chi connectivity index (χ0v) is 13.7. The van der Waals surface area contributed by atoms with Gasteiger partial charge in [0.05, 0.1) is 25.9 Å². The first kappa shape index (κ1) is 18.4. The summed E-state index contributed by atoms with van der Waals surface area (Å²) in [6.07, 6.45) is -0.368. The van der Waals surface area contributed by atoms with Crippen LogP contribution < -0.4 is 5.32 Å². The fraction of sp³-hybridized carbons (Fsp3) is 0.429. The molecule has 1 amide bonds. The van der Waals surface area contributed by atoms with E-state index in [1.165, 1.54) is 19.2 Å². The average Bonchev–Trinajstić information content (AvgIpc) is 2.47. The molecule has 0 spiro atoms. The second kappa shape index (κ2) is 8.68. The van der Waals surface area contributed by atoms with Gasteiger partial charge in [-0.25, -0.2) is 4.79 Å². The molecule has 0 aliphatic rings. The molecule has 1 aromatic carbocycles. The SMILES string of the molecule is CCOP(=O)(CC(=O)Nc1ccc(C(=O)OC)cc1)OCC. The van der Waals surface area contributed by atoms with Gasteiger partial charge in [0, 0.05) is 5.69 Å². The van der Waals surface area contributed by atoms with Crippen LogP contribution in [-0.2, 0) is 23.1 Å². The maximum Gasteiger partial charge on any atom is 0.340 e. The van der Waals surface area contributed by atoms with Crippen LogP contribution in [0.5, 0.6) is 0 Å². The third kappa shape index (κ3) is 5.60. The first-order valence-corrected chi connectivity index (χ1v) is 8.53. The summed E-state index contributed by atoms with van der Waals surface area (Å²) in [5.41, 5.74) is 0.840. The summed E-state index contributed by atoms with van der Waals surface area (Å²) >= 11 is 0. The Hall–Kier alpha value is -1.69. The quantitative estimate of drug-likeness (QED) is 0.582. The third-order valence-corrected chi connectivity index (χ3v) is 4.56. The van der Waals surface area contributed by atoms with Gasteiger partial charge in [-0.3, -0.25) is 9.36 Å². The number of carbonyl (C=O) groups excluding carboxylic acids is 2. The van der Waals surface area contributed by atoms with Crippen LogP contribution in [-0.4, -0.2) is 38.4 Å². The Morgan fingerprint density at radius 3 is 2.09 bits per heavy atom. The van der Waals surface area contributed by atoms with E-state index in [-0.39, 0.29) is 19.4 Å². The van der Waals surface area contributed by atoms with Gasteiger partial charge in [0.2, 0.25) is 5.91 Å². The molecular weight excluding hydrogens is 309 g/mol. The van der Waals surface area contributed by atoms with E-state index < -0.39 is 19.5 Å². The highest BCUT2D eigenvalue weighted by atomic mass is 31.2. The van der Waals surface area contributed by atoms with E-state index in [1.807, 2.05) is 0 Å². The summed E-state index contributed by atoms with van der Waals surface area (Å²) in [6, 6.07) is 6.14. The molecule has 122 valence electrons. The Morgan fingerprint density at radius 1 is 1.09 bits per heavy atom. The smallest absolute Gasteiger partial charge is 0.340 e. The summed E-state index contributed by atoms with van der Waals surface area (Å²) in [7, 11) is -2.14. The van der Waals surface area contributed by atoms with Crippen LogP contribution in [0.25, 0.3) is 0 Å². The number of hydrogen-bond acceptors (Lipinski definition) is 6. The number of benzene rings is 1. The Kier molecular flexibility index (Phi) is 7.24. The number of rotatable bonds is 8. The topological polar surface area (TPSA) is 90.9 Å². The molecule has 0 aliphatic heterocycles. The lowest BCUT2D eigenvalue weighted by Gasteiger charge is -2.16. The van der Waals surface area contributed by atoms with Crippen LogP contribution in [0.4, 0.5) is 5.69 Å². The van der Waals surface area contributed by atoms with Crippen molar-refractivity contribution in [2.24, 2.45) is 0 Å². The number of carbonyl (C=O) groups is 2. The van der Waals surface area contributed by atoms with Crippen molar-refractivity contribution in [3.63, 3.8) is 0 Å². The van der Waals surface area contributed by atoms with Crippen molar-refractivity contribution in [3.05, 3.63) is 29.8 Å². The van der Waals surface area contributed by atoms with Gasteiger partial charge < -0.3 is 19.1 Å². The molecule has 0 radical (unpaired) electrons. The lowest BCUT2D eigenvalue weighted by atomic mass is 10.2. The molecule has 1 N–H and O–H groups in total. The monoisotopic (exact) mass is 329 g/mol. The highest BCUT2D eigenvalue weighted by Gasteiger charge is 2.27. The predicted molar refractivity (Wildman–Crippen MR) is 82.1 cm³/mol. The lowest BCUT2D eigenvalue weighted by molar-refractivity contribution is -0.114. The van der Waals surface area contributed by atoms with Crippen LogP contribution in [0, 0.1) is 0 Å². The first-order chi connectivity index (χ1) is 10.4. The Morgan fingerprint density at radius 2 is 1.64 bits per heavy atom. The van der Waals surface area contributed by atoms with E-state index in [9.17, 15) is 14.2 Å². The zero-order valence-electron chi connectivity index (χ0n) is 12.8. The van der Waals surface area contributed by atoms with E-state index in [0.29, 0.717) is 11.3 Å². The summed E-state index contributed by atoms with van der Waals surface area (Å²) in [5, 5.41) is 2.58. The molecule has 0 aromatic heterocycles. The van der Waals surface area contributed by atoms with Gasteiger partial charge in [0.25, 0.3) is 0 Å². The maximum absolute atomic E-state index is 12.2. The minimum Gasteiger partial charge on any atom is -0.465 e. The van der Waals surface area contributed by atoms with Gasteiger partial charge in [-0.1, -0.05) is 0 Å². The number of esters is 1. The zero-order chi connectivity index (χ0) is 16.6. The average molecular weight is 329 g/mol. The van der Waals surface area contributed by atoms with E-state index in [4.69, 9.17) is 9.05 Å². The van der Waals surface area contributed by atoms with Gasteiger partial charge in [-0.05, 0) is 38.1 Å². The van der Waals surface area contributed by atoms with E-state index in [0.717, 1.165) is 0 Å². The molecule has 0 heterocycles. The summed E-state index contributed by atoms with van der Waals surface area (Å²) in [5.74, 6) is -0.953. The largest absolute Gasteiger partial charge is 0.465 e. The van der Waals surface area contributed by atoms with Crippen molar-refractivity contribution in [2.45, 2.75) is 13.8 Å². The van der Waals surface area contributed by atoms with E-state index >= 15 is 0 Å². The number of nitrogens with one attached hydrogen (secondary N) is 1. The van der Waals surface area contributed by atoms with Gasteiger partial charge in [0.1, 0.15) is 6.16 Å². The van der Waals surface area contributed by atoms with Gasteiger partial charge in [-0.2, -0.15) is 0 Å². The van der Waals surface area contributed by atoms with Crippen molar-refractivity contribution < 1.29 is 27.9 Å². The predicted octanol–water partition coefficient (Wildman–Crippen LogP) is 2.68. The second-order valence-electron chi connectivity index (χ2n) is 4.22.